The minimum Gasteiger partial charge on any atom is -0.508 e. The summed E-state index contributed by atoms with van der Waals surface area (Å²) in [4.78, 5) is 0. The molecule has 0 saturated carbocycles. The van der Waals surface area contributed by atoms with Crippen molar-refractivity contribution < 1.29 is 19.3 Å². The van der Waals surface area contributed by atoms with E-state index in [9.17, 15) is 5.11 Å². The molecule has 4 nitrogen and oxygen atoms in total. The minimum absolute atomic E-state index is 0.209. The van der Waals surface area contributed by atoms with E-state index in [2.05, 4.69) is 0 Å². The van der Waals surface area contributed by atoms with Crippen LogP contribution < -0.4 is 14.2 Å². The van der Waals surface area contributed by atoms with Crippen LogP contribution in [0.2, 0.25) is 0 Å². The molecule has 0 aromatic heterocycles. The van der Waals surface area contributed by atoms with E-state index in [1.54, 1.807) is 31.4 Å². The number of phenols is 1. The fraction of sp³-hybridized carbons (Fsp3) is 0.0526. The first-order chi connectivity index (χ1) is 11.2. The Balaban J connectivity index is 1.65. The summed E-state index contributed by atoms with van der Waals surface area (Å²) in [6, 6.07) is 21.3. The van der Waals surface area contributed by atoms with Crippen LogP contribution in [0.5, 0.6) is 34.5 Å². The molecule has 0 heterocycles. The normalized spacial score (nSPS) is 10.1. The van der Waals surface area contributed by atoms with E-state index in [-0.39, 0.29) is 5.75 Å². The lowest BCUT2D eigenvalue weighted by Gasteiger charge is -2.09. The first-order valence-corrected chi connectivity index (χ1v) is 7.12. The fourth-order valence-corrected chi connectivity index (χ4v) is 2.01. The van der Waals surface area contributed by atoms with Gasteiger partial charge in [0.2, 0.25) is 0 Å². The van der Waals surface area contributed by atoms with Crippen LogP contribution in [0.25, 0.3) is 0 Å². The molecule has 0 bridgehead atoms. The van der Waals surface area contributed by atoms with Crippen molar-refractivity contribution >= 4 is 0 Å². The molecule has 0 aliphatic carbocycles. The van der Waals surface area contributed by atoms with Gasteiger partial charge in [0.15, 0.2) is 0 Å². The molecule has 0 fully saturated rings. The third-order valence-electron chi connectivity index (χ3n) is 3.19. The molecule has 0 spiro atoms. The van der Waals surface area contributed by atoms with Gasteiger partial charge in [-0.15, -0.1) is 0 Å². The molecule has 0 saturated heterocycles. The molecule has 0 aliphatic rings. The summed E-state index contributed by atoms with van der Waals surface area (Å²) in [5.74, 6) is 3.80. The number of ether oxygens (including phenoxy) is 3. The van der Waals surface area contributed by atoms with Crippen molar-refractivity contribution in [2.45, 2.75) is 0 Å². The Morgan fingerprint density at radius 3 is 1.17 bits per heavy atom. The van der Waals surface area contributed by atoms with E-state index < -0.39 is 0 Å². The monoisotopic (exact) mass is 308 g/mol. The molecule has 3 aromatic rings. The third-order valence-corrected chi connectivity index (χ3v) is 3.19. The maximum Gasteiger partial charge on any atom is 0.127 e. The number of methoxy groups -OCH3 is 1. The van der Waals surface area contributed by atoms with E-state index in [1.165, 1.54) is 0 Å². The van der Waals surface area contributed by atoms with E-state index in [0.717, 1.165) is 11.5 Å². The summed E-state index contributed by atoms with van der Waals surface area (Å²) in [6.45, 7) is 0. The first-order valence-electron chi connectivity index (χ1n) is 7.12. The fourth-order valence-electron chi connectivity index (χ4n) is 2.01. The summed E-state index contributed by atoms with van der Waals surface area (Å²) in [5.41, 5.74) is 0. The summed E-state index contributed by atoms with van der Waals surface area (Å²) in [7, 11) is 1.63. The molecule has 0 aliphatic heterocycles. The number of aromatic hydroxyl groups is 1. The van der Waals surface area contributed by atoms with Crippen molar-refractivity contribution in [3.63, 3.8) is 0 Å². The lowest BCUT2D eigenvalue weighted by molar-refractivity contribution is 0.413. The van der Waals surface area contributed by atoms with Crippen molar-refractivity contribution in [1.82, 2.24) is 0 Å². The zero-order valence-electron chi connectivity index (χ0n) is 12.6. The molecular formula is C19H16O4. The second-order valence-corrected chi connectivity index (χ2v) is 4.84. The van der Waals surface area contributed by atoms with Gasteiger partial charge in [-0.3, -0.25) is 0 Å². The Morgan fingerprint density at radius 1 is 0.522 bits per heavy atom. The minimum atomic E-state index is 0.209. The number of rotatable bonds is 5. The van der Waals surface area contributed by atoms with Gasteiger partial charge >= 0.3 is 0 Å². The molecule has 1 N–H and O–H groups in total. The molecular weight excluding hydrogens is 292 g/mol. The lowest BCUT2D eigenvalue weighted by atomic mass is 10.3. The SMILES string of the molecule is COc1ccc(Oc2ccc(Oc3ccc(O)cc3)cc2)cc1. The Morgan fingerprint density at radius 2 is 0.826 bits per heavy atom. The molecule has 4 heteroatoms. The first kappa shape index (κ1) is 14.8. The van der Waals surface area contributed by atoms with Gasteiger partial charge < -0.3 is 19.3 Å². The maximum absolute atomic E-state index is 9.25. The largest absolute Gasteiger partial charge is 0.508 e. The second-order valence-electron chi connectivity index (χ2n) is 4.84. The molecule has 3 aromatic carbocycles. The van der Waals surface area contributed by atoms with Crippen LogP contribution in [0.4, 0.5) is 0 Å². The van der Waals surface area contributed by atoms with Crippen molar-refractivity contribution in [3.8, 4) is 34.5 Å². The van der Waals surface area contributed by atoms with Gasteiger partial charge in [-0.2, -0.15) is 0 Å². The quantitative estimate of drug-likeness (QED) is 0.721. The summed E-state index contributed by atoms with van der Waals surface area (Å²) in [5, 5.41) is 9.25. The molecule has 0 unspecified atom stereocenters. The van der Waals surface area contributed by atoms with Crippen molar-refractivity contribution in [2.24, 2.45) is 0 Å². The average molecular weight is 308 g/mol. The van der Waals surface area contributed by atoms with Gasteiger partial charge in [-0.25, -0.2) is 0 Å². The van der Waals surface area contributed by atoms with Crippen LogP contribution in [0.1, 0.15) is 0 Å². The lowest BCUT2D eigenvalue weighted by Crippen LogP contribution is -1.87. The molecule has 23 heavy (non-hydrogen) atoms. The van der Waals surface area contributed by atoms with Crippen LogP contribution in [0.15, 0.2) is 72.8 Å². The van der Waals surface area contributed by atoms with Gasteiger partial charge in [0.1, 0.15) is 34.5 Å². The highest BCUT2D eigenvalue weighted by Gasteiger charge is 2.01. The van der Waals surface area contributed by atoms with Crippen LogP contribution in [0.3, 0.4) is 0 Å². The number of phenolic OH excluding ortho intramolecular Hbond substituents is 1. The van der Waals surface area contributed by atoms with Crippen molar-refractivity contribution in [1.29, 1.82) is 0 Å². The van der Waals surface area contributed by atoms with Gasteiger partial charge in [0.05, 0.1) is 7.11 Å². The Labute approximate surface area is 134 Å². The van der Waals surface area contributed by atoms with Crippen LogP contribution in [0, 0.1) is 0 Å². The van der Waals surface area contributed by atoms with Crippen LogP contribution in [-0.4, -0.2) is 12.2 Å². The summed E-state index contributed by atoms with van der Waals surface area (Å²) < 4.78 is 16.6. The summed E-state index contributed by atoms with van der Waals surface area (Å²) in [6.07, 6.45) is 0. The molecule has 0 radical (unpaired) electrons. The molecule has 3 rings (SSSR count). The van der Waals surface area contributed by atoms with E-state index in [4.69, 9.17) is 14.2 Å². The Kier molecular flexibility index (Phi) is 4.34. The molecule has 0 amide bonds. The summed E-state index contributed by atoms with van der Waals surface area (Å²) >= 11 is 0. The van der Waals surface area contributed by atoms with Gasteiger partial charge in [-0.1, -0.05) is 0 Å². The van der Waals surface area contributed by atoms with E-state index >= 15 is 0 Å². The zero-order valence-corrected chi connectivity index (χ0v) is 12.6. The van der Waals surface area contributed by atoms with Crippen molar-refractivity contribution in [3.05, 3.63) is 72.8 Å². The number of benzene rings is 3. The number of hydrogen-bond acceptors (Lipinski definition) is 4. The van der Waals surface area contributed by atoms with Crippen LogP contribution in [-0.2, 0) is 0 Å². The standard InChI is InChI=1S/C19H16O4/c1-21-15-6-8-17(9-7-15)23-19-12-10-18(11-13-19)22-16-4-2-14(20)3-5-16/h2-13,20H,1H3. The van der Waals surface area contributed by atoms with E-state index in [0.29, 0.717) is 17.2 Å². The van der Waals surface area contributed by atoms with Gasteiger partial charge in [-0.05, 0) is 72.8 Å². The maximum atomic E-state index is 9.25. The highest BCUT2D eigenvalue weighted by molar-refractivity contribution is 5.39. The van der Waals surface area contributed by atoms with Crippen LogP contribution >= 0.6 is 0 Å². The molecule has 116 valence electrons. The van der Waals surface area contributed by atoms with Crippen molar-refractivity contribution in [2.75, 3.05) is 7.11 Å². The predicted molar refractivity (Wildman–Crippen MR) is 87.7 cm³/mol. The second kappa shape index (κ2) is 6.75. The highest BCUT2D eigenvalue weighted by atomic mass is 16.5. The van der Waals surface area contributed by atoms with Gasteiger partial charge in [0.25, 0.3) is 0 Å². The topological polar surface area (TPSA) is 47.9 Å². The predicted octanol–water partition coefficient (Wildman–Crippen LogP) is 4.99. The zero-order chi connectivity index (χ0) is 16.1. The van der Waals surface area contributed by atoms with E-state index in [1.807, 2.05) is 48.5 Å². The Bertz CT molecular complexity index is 747. The highest BCUT2D eigenvalue weighted by Crippen LogP contribution is 2.28. The van der Waals surface area contributed by atoms with Gasteiger partial charge in [0, 0.05) is 0 Å². The average Bonchev–Trinajstić information content (AvgIpc) is 2.59. The smallest absolute Gasteiger partial charge is 0.127 e. The molecule has 0 atom stereocenters. The third kappa shape index (κ3) is 3.95. The number of hydrogen-bond donors (Lipinski definition) is 1. The Hall–Kier alpha value is -3.14.